The predicted molar refractivity (Wildman–Crippen MR) is 138 cm³/mol. The second-order valence-electron chi connectivity index (χ2n) is 10.1. The van der Waals surface area contributed by atoms with Crippen LogP contribution in [0, 0.1) is 29.3 Å². The van der Waals surface area contributed by atoms with Gasteiger partial charge in [0.05, 0.1) is 20.8 Å². The van der Waals surface area contributed by atoms with Crippen molar-refractivity contribution in [2.45, 2.75) is 47.2 Å². The monoisotopic (exact) mass is 596 g/mol. The third kappa shape index (κ3) is 4.77. The second-order valence-corrected chi connectivity index (χ2v) is 12.7. The molecule has 4 N–H and O–H groups in total. The molecule has 4 unspecified atom stereocenters. The molecule has 212 valence electrons. The number of carbonyl (C=O) groups is 1. The minimum absolute atomic E-state index is 0.0405. The zero-order valence-corrected chi connectivity index (χ0v) is 22.2. The molecule has 3 aliphatic carbocycles. The Morgan fingerprint density at radius 3 is 2.35 bits per heavy atom. The second kappa shape index (κ2) is 10.4. The Kier molecular flexibility index (Phi) is 7.42. The van der Waals surface area contributed by atoms with Crippen molar-refractivity contribution in [1.29, 1.82) is 0 Å². The molecule has 2 aromatic carbocycles. The van der Waals surface area contributed by atoms with E-state index in [0.29, 0.717) is 6.42 Å². The summed E-state index contributed by atoms with van der Waals surface area (Å²) in [5.74, 6) is -5.34. The van der Waals surface area contributed by atoms with Crippen LogP contribution in [0.1, 0.15) is 41.4 Å². The van der Waals surface area contributed by atoms with Gasteiger partial charge in [-0.2, -0.15) is 0 Å². The van der Waals surface area contributed by atoms with Gasteiger partial charge in [0.15, 0.2) is 21.5 Å². The normalized spacial score (nSPS) is 25.5. The maximum atomic E-state index is 14.1. The molecule has 0 radical (unpaired) electrons. The average molecular weight is 597 g/mol. The summed E-state index contributed by atoms with van der Waals surface area (Å²) in [7, 11) is -4.14. The molecule has 3 aliphatic rings. The van der Waals surface area contributed by atoms with Crippen LogP contribution in [0.4, 0.5) is 18.9 Å². The topological polar surface area (TPSA) is 137 Å². The van der Waals surface area contributed by atoms with Crippen LogP contribution >= 0.6 is 11.6 Å². The van der Waals surface area contributed by atoms with Crippen molar-refractivity contribution in [1.82, 2.24) is 4.98 Å². The number of sulfone groups is 1. The first kappa shape index (κ1) is 28.5. The Morgan fingerprint density at radius 1 is 1.00 bits per heavy atom. The number of hydrogen-bond donors (Lipinski definition) is 4. The average Bonchev–Trinajstić information content (AvgIpc) is 2.94. The van der Waals surface area contributed by atoms with E-state index >= 15 is 0 Å². The van der Waals surface area contributed by atoms with Gasteiger partial charge in [-0.15, -0.1) is 0 Å². The lowest BCUT2D eigenvalue weighted by Crippen LogP contribution is -2.68. The van der Waals surface area contributed by atoms with Crippen LogP contribution in [0.3, 0.4) is 0 Å². The lowest BCUT2D eigenvalue weighted by molar-refractivity contribution is -0.252. The zero-order chi connectivity index (χ0) is 29.0. The van der Waals surface area contributed by atoms with E-state index in [1.165, 1.54) is 24.4 Å². The molecule has 3 saturated carbocycles. The molecule has 4 atom stereocenters. The van der Waals surface area contributed by atoms with Gasteiger partial charge < -0.3 is 20.6 Å². The number of pyridine rings is 1. The first-order valence-electron chi connectivity index (χ1n) is 12.3. The van der Waals surface area contributed by atoms with E-state index in [1.54, 1.807) is 0 Å². The highest BCUT2D eigenvalue weighted by atomic mass is 35.5. The van der Waals surface area contributed by atoms with Crippen molar-refractivity contribution in [3.8, 4) is 0 Å². The van der Waals surface area contributed by atoms with Crippen molar-refractivity contribution < 1.29 is 41.7 Å². The Balaban J connectivity index is 1.34. The number of halogens is 4. The van der Waals surface area contributed by atoms with Crippen molar-refractivity contribution in [2.24, 2.45) is 11.8 Å². The Labute approximate surface area is 232 Å². The van der Waals surface area contributed by atoms with Gasteiger partial charge in [0.1, 0.15) is 23.7 Å². The highest BCUT2D eigenvalue weighted by molar-refractivity contribution is 7.92. The summed E-state index contributed by atoms with van der Waals surface area (Å²) in [4.78, 5) is 16.1. The predicted octanol–water partition coefficient (Wildman–Crippen LogP) is 3.80. The molecule has 40 heavy (non-hydrogen) atoms. The number of hydrogen-bond acceptors (Lipinski definition) is 7. The lowest BCUT2D eigenvalue weighted by atomic mass is 9.51. The molecule has 6 rings (SSSR count). The van der Waals surface area contributed by atoms with Crippen molar-refractivity contribution in [3.63, 3.8) is 0 Å². The van der Waals surface area contributed by atoms with Gasteiger partial charge >= 0.3 is 0 Å². The maximum Gasteiger partial charge on any atom is 0.255 e. The minimum atomic E-state index is -4.14. The molecule has 2 bridgehead atoms. The van der Waals surface area contributed by atoms with E-state index in [2.05, 4.69) is 10.3 Å². The summed E-state index contributed by atoms with van der Waals surface area (Å²) in [5.41, 5.74) is -2.42. The van der Waals surface area contributed by atoms with Gasteiger partial charge in [-0.1, -0.05) is 11.6 Å². The van der Waals surface area contributed by atoms with Gasteiger partial charge in [0, 0.05) is 23.5 Å². The third-order valence-electron chi connectivity index (χ3n) is 7.93. The molecular weight excluding hydrogens is 573 g/mol. The van der Waals surface area contributed by atoms with Crippen LogP contribution in [-0.2, 0) is 9.84 Å². The first-order valence-corrected chi connectivity index (χ1v) is 14.2. The van der Waals surface area contributed by atoms with Gasteiger partial charge in [-0.3, -0.25) is 9.78 Å². The fourth-order valence-electron chi connectivity index (χ4n) is 5.77. The van der Waals surface area contributed by atoms with Gasteiger partial charge in [-0.25, -0.2) is 21.6 Å². The number of benzene rings is 2. The fourth-order valence-corrected chi connectivity index (χ4v) is 8.17. The number of aromatic nitrogens is 1. The SMILES string of the molecule is O=C(Nc1ccc(F)c(F)c1)c1ccc(Cl)c(S(=O)(=O)C2CC3CC(C2)C3(O)C(O)C(O)c2ncccc2F)c1. The number of aliphatic hydroxyl groups excluding tert-OH is 2. The van der Waals surface area contributed by atoms with Crippen LogP contribution in [-0.4, -0.2) is 51.6 Å². The number of anilines is 1. The zero-order valence-electron chi connectivity index (χ0n) is 20.6. The van der Waals surface area contributed by atoms with Crippen molar-refractivity contribution >= 4 is 33.0 Å². The smallest absolute Gasteiger partial charge is 0.255 e. The van der Waals surface area contributed by atoms with Crippen molar-refractivity contribution in [3.05, 3.63) is 88.5 Å². The van der Waals surface area contributed by atoms with Crippen LogP contribution in [0.2, 0.25) is 5.02 Å². The molecule has 1 aromatic heterocycles. The number of fused-ring (bicyclic) bond motifs is 2. The first-order chi connectivity index (χ1) is 18.8. The fraction of sp³-hybridized carbons (Fsp3) is 0.333. The Hall–Kier alpha value is -3.03. The maximum absolute atomic E-state index is 14.1. The van der Waals surface area contributed by atoms with Crippen LogP contribution < -0.4 is 5.32 Å². The summed E-state index contributed by atoms with van der Waals surface area (Å²) in [6, 6.07) is 8.73. The van der Waals surface area contributed by atoms with Crippen LogP contribution in [0.15, 0.2) is 59.6 Å². The number of amides is 1. The van der Waals surface area contributed by atoms with E-state index < -0.39 is 73.8 Å². The standard InChI is InChI=1S/C27H24ClF3N2O6S/c28-18-5-3-13(26(36)33-16-4-6-19(29)21(31)12-16)8-22(18)40(38,39)17-10-14-9-15(11-17)27(14,37)25(35)24(34)23-20(30)2-1-7-32-23/h1-8,12,14-15,17,24-25,34-35,37H,9-11H2,(H,33,36). The summed E-state index contributed by atoms with van der Waals surface area (Å²) >= 11 is 6.21. The summed E-state index contributed by atoms with van der Waals surface area (Å²) in [6.45, 7) is 0. The molecule has 1 heterocycles. The van der Waals surface area contributed by atoms with E-state index in [0.717, 1.165) is 30.3 Å². The summed E-state index contributed by atoms with van der Waals surface area (Å²) in [5, 5.41) is 33.9. The molecule has 0 saturated heterocycles. The molecule has 3 aromatic rings. The Bertz CT molecular complexity index is 1580. The molecule has 13 heteroatoms. The molecule has 0 spiro atoms. The Morgan fingerprint density at radius 2 is 1.70 bits per heavy atom. The van der Waals surface area contributed by atoms with Gasteiger partial charge in [-0.05, 0) is 73.6 Å². The number of rotatable bonds is 7. The quantitative estimate of drug-likeness (QED) is 0.326. The van der Waals surface area contributed by atoms with E-state index in [1.807, 2.05) is 0 Å². The molecule has 3 fully saturated rings. The summed E-state index contributed by atoms with van der Waals surface area (Å²) in [6.07, 6.45) is -2.17. The van der Waals surface area contributed by atoms with E-state index in [-0.39, 0.29) is 34.0 Å². The molecule has 8 nitrogen and oxygen atoms in total. The molecule has 1 amide bonds. The lowest BCUT2D eigenvalue weighted by Gasteiger charge is -2.60. The summed E-state index contributed by atoms with van der Waals surface area (Å²) < 4.78 is 68.0. The van der Waals surface area contributed by atoms with Crippen LogP contribution in [0.25, 0.3) is 0 Å². The van der Waals surface area contributed by atoms with Gasteiger partial charge in [0.25, 0.3) is 5.91 Å². The molecular formula is C27H24ClF3N2O6S. The largest absolute Gasteiger partial charge is 0.387 e. The van der Waals surface area contributed by atoms with E-state index in [9.17, 15) is 41.7 Å². The van der Waals surface area contributed by atoms with Crippen LogP contribution in [0.5, 0.6) is 0 Å². The highest BCUT2D eigenvalue weighted by Crippen LogP contribution is 2.58. The number of nitrogens with zero attached hydrogens (tertiary/aromatic N) is 1. The molecule has 0 aliphatic heterocycles. The van der Waals surface area contributed by atoms with Gasteiger partial charge in [0.2, 0.25) is 0 Å². The third-order valence-corrected chi connectivity index (χ3v) is 10.6. The van der Waals surface area contributed by atoms with E-state index in [4.69, 9.17) is 11.6 Å². The number of nitrogens with one attached hydrogen (secondary N) is 1. The van der Waals surface area contributed by atoms with Crippen molar-refractivity contribution in [2.75, 3.05) is 5.32 Å². The highest BCUT2D eigenvalue weighted by Gasteiger charge is 2.64. The number of carbonyl (C=O) groups excluding carboxylic acids is 1. The number of aliphatic hydroxyl groups is 3. The minimum Gasteiger partial charge on any atom is -0.387 e.